The Morgan fingerprint density at radius 2 is 1.63 bits per heavy atom. The molecule has 2 aliphatic rings. The molecule has 2 aliphatic heterocycles. The number of nitrogens with zero attached hydrogens (tertiary/aromatic N) is 1. The summed E-state index contributed by atoms with van der Waals surface area (Å²) in [6, 6.07) is 4.00. The first-order valence-corrected chi connectivity index (χ1v) is 13.0. The Morgan fingerprint density at radius 1 is 1.02 bits per heavy atom. The van der Waals surface area contributed by atoms with E-state index in [2.05, 4.69) is 5.32 Å². The SMILES string of the molecule is Cc1cc(F)ccc1[C@H]1C[C@]2(CC[C@H](C(N)=O)N2)CCN1C(=O)C(C)(N)Cc1cc(C(F)(F)F)cc(C(F)(F)F)c1. The van der Waals surface area contributed by atoms with Gasteiger partial charge >= 0.3 is 12.4 Å². The fraction of sp³-hybridized carbons (Fsp3) is 0.500. The topological polar surface area (TPSA) is 101 Å². The lowest BCUT2D eigenvalue weighted by atomic mass is 9.78. The Bertz CT molecular complexity index is 1310. The average molecular weight is 589 g/mol. The minimum atomic E-state index is -5.05. The van der Waals surface area contributed by atoms with Gasteiger partial charge in [-0.3, -0.25) is 9.59 Å². The fourth-order valence-electron chi connectivity index (χ4n) is 6.06. The highest BCUT2D eigenvalue weighted by molar-refractivity contribution is 5.87. The van der Waals surface area contributed by atoms with Crippen LogP contribution >= 0.6 is 0 Å². The van der Waals surface area contributed by atoms with E-state index in [1.807, 2.05) is 0 Å². The predicted molar refractivity (Wildman–Crippen MR) is 136 cm³/mol. The van der Waals surface area contributed by atoms with E-state index in [0.29, 0.717) is 48.9 Å². The molecule has 2 fully saturated rings. The number of nitrogens with one attached hydrogen (secondary N) is 1. The first-order valence-electron chi connectivity index (χ1n) is 13.0. The second-order valence-electron chi connectivity index (χ2n) is 11.4. The van der Waals surface area contributed by atoms with Gasteiger partial charge in [-0.2, -0.15) is 26.3 Å². The molecule has 4 atom stereocenters. The number of carbonyl (C=O) groups excluding carboxylic acids is 2. The average Bonchev–Trinajstić information content (AvgIpc) is 3.26. The van der Waals surface area contributed by atoms with Crippen LogP contribution in [0.1, 0.15) is 66.5 Å². The predicted octanol–water partition coefficient (Wildman–Crippen LogP) is 4.77. The molecule has 224 valence electrons. The van der Waals surface area contributed by atoms with Crippen LogP contribution in [-0.4, -0.2) is 40.4 Å². The van der Waals surface area contributed by atoms with Crippen molar-refractivity contribution in [2.75, 3.05) is 6.54 Å². The summed E-state index contributed by atoms with van der Waals surface area (Å²) in [5.41, 5.74) is 7.16. The lowest BCUT2D eigenvalue weighted by molar-refractivity contribution is -0.143. The standard InChI is InChI=1S/C28H31F7N4O2/c1-15-9-19(29)3-4-20(15)22-14-26(6-5-21(38-26)23(36)40)7-8-39(22)24(41)25(2,37)13-16-10-17(27(30,31)32)12-18(11-16)28(33,34)35/h3-4,9-12,21-22,38H,5-8,13-14,37H2,1-2H3,(H2,36,40)/t21-,22-,25?,26+/m1/s1. The van der Waals surface area contributed by atoms with Gasteiger partial charge < -0.3 is 21.7 Å². The number of hydrogen-bond acceptors (Lipinski definition) is 4. The van der Waals surface area contributed by atoms with Crippen LogP contribution in [0.25, 0.3) is 0 Å². The number of piperidine rings is 1. The number of primary amides is 1. The summed E-state index contributed by atoms with van der Waals surface area (Å²) in [6.07, 6.45) is -8.90. The van der Waals surface area contributed by atoms with Gasteiger partial charge in [0.05, 0.1) is 28.7 Å². The summed E-state index contributed by atoms with van der Waals surface area (Å²) in [5, 5.41) is 3.28. The summed E-state index contributed by atoms with van der Waals surface area (Å²) < 4.78 is 94.4. The van der Waals surface area contributed by atoms with Gasteiger partial charge in [0, 0.05) is 12.1 Å². The lowest BCUT2D eigenvalue weighted by Crippen LogP contribution is -2.61. The molecule has 0 aromatic heterocycles. The Balaban J connectivity index is 1.68. The number of alkyl halides is 6. The van der Waals surface area contributed by atoms with Crippen LogP contribution in [0, 0.1) is 12.7 Å². The quantitative estimate of drug-likeness (QED) is 0.438. The van der Waals surface area contributed by atoms with Crippen molar-refractivity contribution < 1.29 is 40.3 Å². The van der Waals surface area contributed by atoms with Crippen LogP contribution in [0.2, 0.25) is 0 Å². The molecular formula is C28H31F7N4O2. The van der Waals surface area contributed by atoms with Gasteiger partial charge in [-0.1, -0.05) is 6.07 Å². The van der Waals surface area contributed by atoms with E-state index in [-0.39, 0.29) is 12.6 Å². The minimum absolute atomic E-state index is 0.0184. The van der Waals surface area contributed by atoms with Gasteiger partial charge in [0.1, 0.15) is 5.82 Å². The highest BCUT2D eigenvalue weighted by Gasteiger charge is 2.49. The smallest absolute Gasteiger partial charge is 0.368 e. The van der Waals surface area contributed by atoms with Gasteiger partial charge in [0.25, 0.3) is 0 Å². The molecular weight excluding hydrogens is 557 g/mol. The molecule has 2 heterocycles. The van der Waals surface area contributed by atoms with Gasteiger partial charge in [0.15, 0.2) is 0 Å². The van der Waals surface area contributed by atoms with Crippen molar-refractivity contribution in [3.63, 3.8) is 0 Å². The zero-order valence-electron chi connectivity index (χ0n) is 22.4. The van der Waals surface area contributed by atoms with E-state index < -0.39 is 76.3 Å². The summed E-state index contributed by atoms with van der Waals surface area (Å²) in [6.45, 7) is 3.06. The number of benzene rings is 2. The maximum absolute atomic E-state index is 13.9. The molecule has 0 aliphatic carbocycles. The van der Waals surface area contributed by atoms with Gasteiger partial charge in [0.2, 0.25) is 11.8 Å². The van der Waals surface area contributed by atoms with E-state index in [1.54, 1.807) is 6.92 Å². The summed E-state index contributed by atoms with van der Waals surface area (Å²) in [5.74, 6) is -1.68. The molecule has 0 radical (unpaired) electrons. The van der Waals surface area contributed by atoms with E-state index in [0.717, 1.165) is 0 Å². The molecule has 2 aromatic rings. The third-order valence-corrected chi connectivity index (χ3v) is 8.09. The number of likely N-dealkylation sites (tertiary alicyclic amines) is 1. The van der Waals surface area contributed by atoms with Crippen LogP contribution in [0.3, 0.4) is 0 Å². The second kappa shape index (κ2) is 10.6. The molecule has 41 heavy (non-hydrogen) atoms. The number of hydrogen-bond donors (Lipinski definition) is 3. The van der Waals surface area contributed by atoms with Crippen LogP contribution in [0.4, 0.5) is 30.7 Å². The first-order chi connectivity index (χ1) is 18.8. The lowest BCUT2D eigenvalue weighted by Gasteiger charge is -2.48. The van der Waals surface area contributed by atoms with Crippen molar-refractivity contribution >= 4 is 11.8 Å². The minimum Gasteiger partial charge on any atom is -0.368 e. The third-order valence-electron chi connectivity index (χ3n) is 8.09. The van der Waals surface area contributed by atoms with Crippen LogP contribution in [0.5, 0.6) is 0 Å². The molecule has 2 saturated heterocycles. The van der Waals surface area contributed by atoms with E-state index in [9.17, 15) is 40.3 Å². The summed E-state index contributed by atoms with van der Waals surface area (Å²) in [7, 11) is 0. The van der Waals surface area contributed by atoms with Crippen molar-refractivity contribution in [2.24, 2.45) is 11.5 Å². The summed E-state index contributed by atoms with van der Waals surface area (Å²) in [4.78, 5) is 27.2. The van der Waals surface area contributed by atoms with Crippen LogP contribution < -0.4 is 16.8 Å². The van der Waals surface area contributed by atoms with Crippen molar-refractivity contribution in [1.82, 2.24) is 10.2 Å². The largest absolute Gasteiger partial charge is 0.416 e. The van der Waals surface area contributed by atoms with Crippen LogP contribution in [-0.2, 0) is 28.4 Å². The Labute approximate surface area is 232 Å². The molecule has 0 saturated carbocycles. The monoisotopic (exact) mass is 588 g/mol. The number of amides is 2. The molecule has 1 spiro atoms. The van der Waals surface area contributed by atoms with Crippen molar-refractivity contribution in [1.29, 1.82) is 0 Å². The Kier molecular flexibility index (Phi) is 7.93. The van der Waals surface area contributed by atoms with Gasteiger partial charge in [-0.25, -0.2) is 4.39 Å². The number of carbonyl (C=O) groups is 2. The third kappa shape index (κ3) is 6.50. The van der Waals surface area contributed by atoms with E-state index >= 15 is 0 Å². The Hall–Kier alpha value is -3.19. The fourth-order valence-corrected chi connectivity index (χ4v) is 6.06. The van der Waals surface area contributed by atoms with Gasteiger partial charge in [-0.15, -0.1) is 0 Å². The highest BCUT2D eigenvalue weighted by atomic mass is 19.4. The molecule has 2 aromatic carbocycles. The number of nitrogens with two attached hydrogens (primary N) is 2. The normalized spacial score (nSPS) is 24.9. The molecule has 5 N–H and O–H groups in total. The Morgan fingerprint density at radius 3 is 2.15 bits per heavy atom. The van der Waals surface area contributed by atoms with E-state index in [4.69, 9.17) is 11.5 Å². The molecule has 0 bridgehead atoms. The van der Waals surface area contributed by atoms with E-state index in [1.165, 1.54) is 30.0 Å². The van der Waals surface area contributed by atoms with Gasteiger partial charge in [-0.05, 0) is 93.0 Å². The molecule has 4 rings (SSSR count). The van der Waals surface area contributed by atoms with Crippen molar-refractivity contribution in [3.05, 3.63) is 70.0 Å². The second-order valence-corrected chi connectivity index (χ2v) is 11.4. The zero-order chi connectivity index (χ0) is 30.5. The number of aryl methyl sites for hydroxylation is 1. The highest BCUT2D eigenvalue weighted by Crippen LogP contribution is 2.44. The molecule has 6 nitrogen and oxygen atoms in total. The maximum Gasteiger partial charge on any atom is 0.416 e. The van der Waals surface area contributed by atoms with Crippen molar-refractivity contribution in [3.8, 4) is 0 Å². The maximum atomic E-state index is 13.9. The molecule has 2 amide bonds. The summed E-state index contributed by atoms with van der Waals surface area (Å²) >= 11 is 0. The van der Waals surface area contributed by atoms with Crippen molar-refractivity contribution in [2.45, 2.75) is 81.5 Å². The van der Waals surface area contributed by atoms with Crippen LogP contribution in [0.15, 0.2) is 36.4 Å². The first kappa shape index (κ1) is 30.8. The molecule has 13 heteroatoms. The zero-order valence-corrected chi connectivity index (χ0v) is 22.4. The number of halogens is 7. The molecule has 1 unspecified atom stereocenters. The number of rotatable bonds is 5.